The maximum atomic E-state index is 12.2. The monoisotopic (exact) mass is 360 g/mol. The first kappa shape index (κ1) is 18.0. The molecule has 0 unspecified atom stereocenters. The van der Waals surface area contributed by atoms with E-state index in [0.29, 0.717) is 13.0 Å². The summed E-state index contributed by atoms with van der Waals surface area (Å²) >= 11 is 0. The van der Waals surface area contributed by atoms with Gasteiger partial charge in [0.15, 0.2) is 0 Å². The number of hydrogen-bond acceptors (Lipinski definition) is 4. The third-order valence-corrected chi connectivity index (χ3v) is 6.38. The highest BCUT2D eigenvalue weighted by Gasteiger charge is 2.33. The summed E-state index contributed by atoms with van der Waals surface area (Å²) in [5, 5.41) is -0.454. The number of hydrogen-bond donors (Lipinski definition) is 1. The molecule has 1 aromatic carbocycles. The standard InChI is InChI=1S/C19H24N2O3S/c1-13(2)25(22,23)21-18-10-11-24-19(18)16-8-6-15(7-9-16)17-5-4-14(3)20-12-17/h4-9,12-13,18-19,21H,10-11H2,1-3H3/t18-,19-/m1/s1. The topological polar surface area (TPSA) is 68.3 Å². The van der Waals surface area contributed by atoms with Crippen molar-refractivity contribution in [1.82, 2.24) is 9.71 Å². The van der Waals surface area contributed by atoms with Gasteiger partial charge in [0.05, 0.1) is 17.4 Å². The second-order valence-electron chi connectivity index (χ2n) is 6.71. The van der Waals surface area contributed by atoms with Gasteiger partial charge in [0, 0.05) is 24.1 Å². The van der Waals surface area contributed by atoms with Crippen LogP contribution >= 0.6 is 0 Å². The normalized spacial score (nSPS) is 21.0. The zero-order chi connectivity index (χ0) is 18.0. The van der Waals surface area contributed by atoms with Gasteiger partial charge in [0.2, 0.25) is 10.0 Å². The van der Waals surface area contributed by atoms with Crippen LogP contribution in [0.3, 0.4) is 0 Å². The lowest BCUT2D eigenvalue weighted by Crippen LogP contribution is -2.40. The fraction of sp³-hybridized carbons (Fsp3) is 0.421. The third-order valence-electron chi connectivity index (χ3n) is 4.51. The van der Waals surface area contributed by atoms with E-state index < -0.39 is 15.3 Å². The number of ether oxygens (including phenoxy) is 1. The van der Waals surface area contributed by atoms with Gasteiger partial charge < -0.3 is 4.74 Å². The Morgan fingerprint density at radius 2 is 1.80 bits per heavy atom. The SMILES string of the molecule is Cc1ccc(-c2ccc([C@H]3OCC[C@H]3NS(=O)(=O)C(C)C)cc2)cn1. The van der Waals surface area contributed by atoms with Gasteiger partial charge in [-0.3, -0.25) is 4.98 Å². The molecule has 1 fully saturated rings. The van der Waals surface area contributed by atoms with Crippen LogP contribution in [0.25, 0.3) is 11.1 Å². The van der Waals surface area contributed by atoms with Crippen molar-refractivity contribution in [2.75, 3.05) is 6.61 Å². The molecular weight excluding hydrogens is 336 g/mol. The lowest BCUT2D eigenvalue weighted by molar-refractivity contribution is 0.102. The molecule has 5 nitrogen and oxygen atoms in total. The molecule has 2 heterocycles. The highest BCUT2D eigenvalue weighted by atomic mass is 32.2. The molecule has 1 N–H and O–H groups in total. The Bertz CT molecular complexity index is 815. The van der Waals surface area contributed by atoms with Crippen LogP contribution in [0.2, 0.25) is 0 Å². The first-order valence-corrected chi connectivity index (χ1v) is 10.1. The van der Waals surface area contributed by atoms with Gasteiger partial charge in [-0.1, -0.05) is 30.3 Å². The summed E-state index contributed by atoms with van der Waals surface area (Å²) in [4.78, 5) is 4.32. The molecule has 2 atom stereocenters. The van der Waals surface area contributed by atoms with Crippen LogP contribution in [0.15, 0.2) is 42.6 Å². The second-order valence-corrected chi connectivity index (χ2v) is 8.98. The predicted octanol–water partition coefficient (Wildman–Crippen LogP) is 3.21. The van der Waals surface area contributed by atoms with Crippen LogP contribution < -0.4 is 4.72 Å². The van der Waals surface area contributed by atoms with Crippen LogP contribution in [0.1, 0.15) is 37.6 Å². The van der Waals surface area contributed by atoms with E-state index in [4.69, 9.17) is 4.74 Å². The molecule has 0 radical (unpaired) electrons. The Labute approximate surface area is 149 Å². The van der Waals surface area contributed by atoms with Gasteiger partial charge in [-0.15, -0.1) is 0 Å². The Kier molecular flexibility index (Phi) is 5.22. The first-order chi connectivity index (χ1) is 11.9. The Morgan fingerprint density at radius 1 is 1.12 bits per heavy atom. The fourth-order valence-electron chi connectivity index (χ4n) is 2.89. The molecule has 0 saturated carbocycles. The van der Waals surface area contributed by atoms with Gasteiger partial charge in [-0.2, -0.15) is 0 Å². The number of rotatable bonds is 5. The summed E-state index contributed by atoms with van der Waals surface area (Å²) in [6, 6.07) is 11.9. The maximum Gasteiger partial charge on any atom is 0.214 e. The number of pyridine rings is 1. The molecule has 0 aliphatic carbocycles. The fourth-order valence-corrected chi connectivity index (χ4v) is 3.83. The van der Waals surface area contributed by atoms with E-state index in [0.717, 1.165) is 22.4 Å². The third kappa shape index (κ3) is 4.08. The predicted molar refractivity (Wildman–Crippen MR) is 98.7 cm³/mol. The van der Waals surface area contributed by atoms with Crippen molar-refractivity contribution in [2.45, 2.75) is 44.6 Å². The van der Waals surface area contributed by atoms with Gasteiger partial charge >= 0.3 is 0 Å². The largest absolute Gasteiger partial charge is 0.372 e. The lowest BCUT2D eigenvalue weighted by Gasteiger charge is -2.21. The number of sulfonamides is 1. The molecular formula is C19H24N2O3S. The van der Waals surface area contributed by atoms with E-state index in [-0.39, 0.29) is 12.1 Å². The van der Waals surface area contributed by atoms with Crippen molar-refractivity contribution in [1.29, 1.82) is 0 Å². The van der Waals surface area contributed by atoms with E-state index in [9.17, 15) is 8.42 Å². The molecule has 6 heteroatoms. The number of nitrogens with zero attached hydrogens (tertiary/aromatic N) is 1. The molecule has 2 aromatic rings. The highest BCUT2D eigenvalue weighted by molar-refractivity contribution is 7.90. The minimum Gasteiger partial charge on any atom is -0.372 e. The molecule has 25 heavy (non-hydrogen) atoms. The van der Waals surface area contributed by atoms with Crippen molar-refractivity contribution in [3.63, 3.8) is 0 Å². The highest BCUT2D eigenvalue weighted by Crippen LogP contribution is 2.31. The van der Waals surface area contributed by atoms with Crippen molar-refractivity contribution >= 4 is 10.0 Å². The lowest BCUT2D eigenvalue weighted by atomic mass is 9.99. The first-order valence-electron chi connectivity index (χ1n) is 8.52. The zero-order valence-corrected chi connectivity index (χ0v) is 15.6. The number of aromatic nitrogens is 1. The zero-order valence-electron chi connectivity index (χ0n) is 14.8. The Balaban J connectivity index is 1.78. The quantitative estimate of drug-likeness (QED) is 0.889. The smallest absolute Gasteiger partial charge is 0.214 e. The molecule has 1 aliphatic heterocycles. The average molecular weight is 360 g/mol. The van der Waals surface area contributed by atoms with Gasteiger partial charge in [0.1, 0.15) is 0 Å². The number of aryl methyl sites for hydroxylation is 1. The van der Waals surface area contributed by atoms with Crippen molar-refractivity contribution < 1.29 is 13.2 Å². The molecule has 3 rings (SSSR count). The van der Waals surface area contributed by atoms with Crippen LogP contribution in [-0.4, -0.2) is 31.3 Å². The molecule has 1 aromatic heterocycles. The minimum absolute atomic E-state index is 0.223. The van der Waals surface area contributed by atoms with Crippen LogP contribution in [0.5, 0.6) is 0 Å². The second kappa shape index (κ2) is 7.23. The molecule has 134 valence electrons. The van der Waals surface area contributed by atoms with E-state index in [2.05, 4.69) is 9.71 Å². The molecule has 0 spiro atoms. The van der Waals surface area contributed by atoms with E-state index >= 15 is 0 Å². The summed E-state index contributed by atoms with van der Waals surface area (Å²) in [6.07, 6.45) is 2.29. The summed E-state index contributed by atoms with van der Waals surface area (Å²) in [7, 11) is -3.32. The van der Waals surface area contributed by atoms with Gasteiger partial charge in [-0.05, 0) is 44.4 Å². The van der Waals surface area contributed by atoms with E-state index in [1.807, 2.05) is 49.5 Å². The van der Waals surface area contributed by atoms with E-state index in [1.165, 1.54) is 0 Å². The average Bonchev–Trinajstić information content (AvgIpc) is 3.03. The molecule has 1 saturated heterocycles. The molecule has 0 bridgehead atoms. The van der Waals surface area contributed by atoms with Crippen LogP contribution in [0.4, 0.5) is 0 Å². The minimum atomic E-state index is -3.32. The summed E-state index contributed by atoms with van der Waals surface area (Å²) in [5.41, 5.74) is 4.10. The Hall–Kier alpha value is -1.76. The van der Waals surface area contributed by atoms with Crippen LogP contribution in [0, 0.1) is 6.92 Å². The summed E-state index contributed by atoms with van der Waals surface area (Å²) < 4.78 is 32.9. The summed E-state index contributed by atoms with van der Waals surface area (Å²) in [6.45, 7) is 5.87. The maximum absolute atomic E-state index is 12.2. The summed E-state index contributed by atoms with van der Waals surface area (Å²) in [5.74, 6) is 0. The van der Waals surface area contributed by atoms with Crippen molar-refractivity contribution in [3.8, 4) is 11.1 Å². The van der Waals surface area contributed by atoms with Gasteiger partial charge in [0.25, 0.3) is 0 Å². The number of nitrogens with one attached hydrogen (secondary N) is 1. The number of benzene rings is 1. The van der Waals surface area contributed by atoms with Crippen molar-refractivity contribution in [2.24, 2.45) is 0 Å². The van der Waals surface area contributed by atoms with Crippen molar-refractivity contribution in [3.05, 3.63) is 53.9 Å². The molecule has 0 amide bonds. The molecule has 1 aliphatic rings. The van der Waals surface area contributed by atoms with E-state index in [1.54, 1.807) is 13.8 Å². The Morgan fingerprint density at radius 3 is 2.40 bits per heavy atom. The van der Waals surface area contributed by atoms with Crippen LogP contribution in [-0.2, 0) is 14.8 Å². The van der Waals surface area contributed by atoms with Gasteiger partial charge in [-0.25, -0.2) is 13.1 Å².